The van der Waals surface area contributed by atoms with Gasteiger partial charge in [0.05, 0.1) is 18.3 Å². The van der Waals surface area contributed by atoms with Crippen molar-refractivity contribution in [2.45, 2.75) is 25.7 Å². The first-order valence-corrected chi connectivity index (χ1v) is 8.12. The summed E-state index contributed by atoms with van der Waals surface area (Å²) in [5, 5.41) is 8.86. The Kier molecular flexibility index (Phi) is 6.60. The van der Waals surface area contributed by atoms with Crippen LogP contribution < -0.4 is 0 Å². The third-order valence-corrected chi connectivity index (χ3v) is 4.08. The number of nitrogens with zero attached hydrogens (tertiary/aromatic N) is 2. The Hall–Kier alpha value is -2.13. The number of carbonyl (C=O) groups excluding carboxylic acids is 1. The second-order valence-corrected chi connectivity index (χ2v) is 6.22. The Labute approximate surface area is 149 Å². The summed E-state index contributed by atoms with van der Waals surface area (Å²) in [5.41, 5.74) is -0.154. The lowest BCUT2D eigenvalue weighted by Gasteiger charge is -2.35. The van der Waals surface area contributed by atoms with Crippen LogP contribution in [0.2, 0.25) is 0 Å². The molecule has 1 saturated heterocycles. The molecule has 1 amide bonds. The van der Waals surface area contributed by atoms with Crippen molar-refractivity contribution in [1.82, 2.24) is 9.80 Å². The SMILES string of the molecule is CC(=O)N(CC(=O)O)CC1CN(Cc2cccc(C(F)(F)F)c2)CCO1. The average Bonchev–Trinajstić information content (AvgIpc) is 2.53. The molecule has 144 valence electrons. The number of hydrogen-bond acceptors (Lipinski definition) is 4. The summed E-state index contributed by atoms with van der Waals surface area (Å²) in [4.78, 5) is 25.5. The lowest BCUT2D eigenvalue weighted by atomic mass is 10.1. The molecule has 0 aliphatic carbocycles. The summed E-state index contributed by atoms with van der Waals surface area (Å²) in [7, 11) is 0. The molecule has 0 saturated carbocycles. The van der Waals surface area contributed by atoms with Gasteiger partial charge in [-0.05, 0) is 11.6 Å². The van der Waals surface area contributed by atoms with E-state index in [1.807, 2.05) is 4.90 Å². The van der Waals surface area contributed by atoms with E-state index in [1.165, 1.54) is 17.9 Å². The number of hydrogen-bond donors (Lipinski definition) is 1. The van der Waals surface area contributed by atoms with E-state index in [1.54, 1.807) is 6.07 Å². The van der Waals surface area contributed by atoms with E-state index in [0.717, 1.165) is 12.1 Å². The predicted octanol–water partition coefficient (Wildman–Crippen LogP) is 1.84. The number of morpholine rings is 1. The van der Waals surface area contributed by atoms with E-state index in [-0.39, 0.29) is 12.5 Å². The van der Waals surface area contributed by atoms with E-state index in [4.69, 9.17) is 9.84 Å². The smallest absolute Gasteiger partial charge is 0.416 e. The number of halogens is 3. The van der Waals surface area contributed by atoms with Gasteiger partial charge < -0.3 is 14.7 Å². The van der Waals surface area contributed by atoms with Crippen molar-refractivity contribution in [1.29, 1.82) is 0 Å². The molecule has 1 aliphatic rings. The second kappa shape index (κ2) is 8.50. The average molecular weight is 374 g/mol. The van der Waals surface area contributed by atoms with E-state index < -0.39 is 30.4 Å². The molecule has 0 spiro atoms. The van der Waals surface area contributed by atoms with Crippen molar-refractivity contribution in [3.05, 3.63) is 35.4 Å². The first kappa shape index (κ1) is 20.2. The van der Waals surface area contributed by atoms with Crippen LogP contribution in [0.5, 0.6) is 0 Å². The van der Waals surface area contributed by atoms with Crippen LogP contribution in [-0.4, -0.2) is 65.7 Å². The van der Waals surface area contributed by atoms with Gasteiger partial charge in [0.15, 0.2) is 0 Å². The summed E-state index contributed by atoms with van der Waals surface area (Å²) in [6, 6.07) is 5.16. The number of aliphatic carboxylic acids is 1. The van der Waals surface area contributed by atoms with Crippen molar-refractivity contribution in [3.8, 4) is 0 Å². The van der Waals surface area contributed by atoms with Crippen LogP contribution in [0.25, 0.3) is 0 Å². The van der Waals surface area contributed by atoms with Gasteiger partial charge in [-0.25, -0.2) is 0 Å². The first-order valence-electron chi connectivity index (χ1n) is 8.12. The van der Waals surface area contributed by atoms with E-state index in [2.05, 4.69) is 0 Å². The highest BCUT2D eigenvalue weighted by Gasteiger charge is 2.31. The molecule has 0 aromatic heterocycles. The third-order valence-electron chi connectivity index (χ3n) is 4.08. The Morgan fingerprint density at radius 1 is 1.38 bits per heavy atom. The number of alkyl halides is 3. The molecule has 0 bridgehead atoms. The van der Waals surface area contributed by atoms with Crippen LogP contribution >= 0.6 is 0 Å². The van der Waals surface area contributed by atoms with Crippen molar-refractivity contribution >= 4 is 11.9 Å². The largest absolute Gasteiger partial charge is 0.480 e. The van der Waals surface area contributed by atoms with Gasteiger partial charge in [0.25, 0.3) is 0 Å². The standard InChI is InChI=1S/C17H21F3N2O4/c1-12(23)22(11-16(24)25)10-15-9-21(5-6-26-15)8-13-3-2-4-14(7-13)17(18,19)20/h2-4,7,15H,5-6,8-11H2,1H3,(H,24,25). The van der Waals surface area contributed by atoms with E-state index in [9.17, 15) is 22.8 Å². The van der Waals surface area contributed by atoms with Crippen LogP contribution in [0.1, 0.15) is 18.1 Å². The summed E-state index contributed by atoms with van der Waals surface area (Å²) in [6.07, 6.45) is -4.78. The van der Waals surface area contributed by atoms with Gasteiger partial charge in [-0.2, -0.15) is 13.2 Å². The zero-order valence-corrected chi connectivity index (χ0v) is 14.3. The van der Waals surface area contributed by atoms with Crippen LogP contribution in [0.15, 0.2) is 24.3 Å². The van der Waals surface area contributed by atoms with Crippen LogP contribution in [0.4, 0.5) is 13.2 Å². The number of ether oxygens (including phenoxy) is 1. The van der Waals surface area contributed by atoms with E-state index in [0.29, 0.717) is 31.8 Å². The molecule has 1 unspecified atom stereocenters. The minimum atomic E-state index is -4.39. The molecule has 1 atom stereocenters. The van der Waals surface area contributed by atoms with Gasteiger partial charge >= 0.3 is 12.1 Å². The van der Waals surface area contributed by atoms with Gasteiger partial charge in [0.2, 0.25) is 5.91 Å². The van der Waals surface area contributed by atoms with Crippen LogP contribution in [0.3, 0.4) is 0 Å². The predicted molar refractivity (Wildman–Crippen MR) is 86.4 cm³/mol. The molecule has 1 heterocycles. The highest BCUT2D eigenvalue weighted by Crippen LogP contribution is 2.29. The highest BCUT2D eigenvalue weighted by atomic mass is 19.4. The van der Waals surface area contributed by atoms with Gasteiger partial charge in [0, 0.05) is 33.1 Å². The number of benzene rings is 1. The number of carbonyl (C=O) groups is 2. The maximum Gasteiger partial charge on any atom is 0.416 e. The molecule has 1 fully saturated rings. The van der Waals surface area contributed by atoms with Crippen molar-refractivity contribution in [3.63, 3.8) is 0 Å². The number of carboxylic acid groups (broad SMARTS) is 1. The summed E-state index contributed by atoms with van der Waals surface area (Å²) >= 11 is 0. The molecule has 1 N–H and O–H groups in total. The molecule has 26 heavy (non-hydrogen) atoms. The number of carboxylic acids is 1. The minimum absolute atomic E-state index is 0.126. The maximum absolute atomic E-state index is 12.8. The van der Waals surface area contributed by atoms with Crippen LogP contribution in [-0.2, 0) is 27.0 Å². The van der Waals surface area contributed by atoms with Gasteiger partial charge in [-0.15, -0.1) is 0 Å². The molecular formula is C17H21F3N2O4. The fourth-order valence-corrected chi connectivity index (χ4v) is 2.85. The zero-order valence-electron chi connectivity index (χ0n) is 14.3. The van der Waals surface area contributed by atoms with Crippen LogP contribution in [0, 0.1) is 0 Å². The molecule has 9 heteroatoms. The maximum atomic E-state index is 12.8. The van der Waals surface area contributed by atoms with Crippen molar-refractivity contribution in [2.24, 2.45) is 0 Å². The molecule has 0 radical (unpaired) electrons. The molecule has 1 aromatic carbocycles. The number of rotatable bonds is 6. The molecule has 1 aromatic rings. The highest BCUT2D eigenvalue weighted by molar-refractivity contribution is 5.79. The Bertz CT molecular complexity index is 651. The van der Waals surface area contributed by atoms with Gasteiger partial charge in [-0.1, -0.05) is 18.2 Å². The second-order valence-electron chi connectivity index (χ2n) is 6.22. The Morgan fingerprint density at radius 2 is 2.12 bits per heavy atom. The Morgan fingerprint density at radius 3 is 2.73 bits per heavy atom. The molecular weight excluding hydrogens is 353 g/mol. The third kappa shape index (κ3) is 5.99. The fraction of sp³-hybridized carbons (Fsp3) is 0.529. The lowest BCUT2D eigenvalue weighted by Crippen LogP contribution is -2.49. The Balaban J connectivity index is 1.98. The lowest BCUT2D eigenvalue weighted by molar-refractivity contribution is -0.145. The zero-order chi connectivity index (χ0) is 19.3. The van der Waals surface area contributed by atoms with E-state index >= 15 is 0 Å². The topological polar surface area (TPSA) is 70.1 Å². The summed E-state index contributed by atoms with van der Waals surface area (Å²) in [6.45, 7) is 2.63. The fourth-order valence-electron chi connectivity index (χ4n) is 2.85. The van der Waals surface area contributed by atoms with Gasteiger partial charge in [0.1, 0.15) is 6.54 Å². The molecule has 1 aliphatic heterocycles. The minimum Gasteiger partial charge on any atom is -0.480 e. The number of amides is 1. The van der Waals surface area contributed by atoms with Gasteiger partial charge in [-0.3, -0.25) is 14.5 Å². The molecule has 6 nitrogen and oxygen atoms in total. The van der Waals surface area contributed by atoms with Crippen molar-refractivity contribution in [2.75, 3.05) is 32.8 Å². The van der Waals surface area contributed by atoms with Crippen molar-refractivity contribution < 1.29 is 32.6 Å². The summed E-state index contributed by atoms with van der Waals surface area (Å²) < 4.78 is 44.0. The quantitative estimate of drug-likeness (QED) is 0.823. The first-order chi connectivity index (χ1) is 12.1. The monoisotopic (exact) mass is 374 g/mol. The molecule has 2 rings (SSSR count). The normalized spacial score (nSPS) is 18.5. The summed E-state index contributed by atoms with van der Waals surface area (Å²) in [5.74, 6) is -1.48.